The summed E-state index contributed by atoms with van der Waals surface area (Å²) in [6.07, 6.45) is 2.83. The number of urea groups is 1. The van der Waals surface area contributed by atoms with Crippen molar-refractivity contribution in [1.82, 2.24) is 20.0 Å². The van der Waals surface area contributed by atoms with Crippen LogP contribution in [0.5, 0.6) is 0 Å². The van der Waals surface area contributed by atoms with E-state index in [4.69, 9.17) is 5.73 Å². The lowest BCUT2D eigenvalue weighted by Crippen LogP contribution is -2.58. The van der Waals surface area contributed by atoms with Crippen LogP contribution in [0.4, 0.5) is 4.79 Å². The molecule has 26 heavy (non-hydrogen) atoms. The predicted molar refractivity (Wildman–Crippen MR) is 95.5 cm³/mol. The van der Waals surface area contributed by atoms with E-state index in [1.54, 1.807) is 4.90 Å². The van der Waals surface area contributed by atoms with Crippen LogP contribution in [0.3, 0.4) is 0 Å². The van der Waals surface area contributed by atoms with E-state index in [0.717, 1.165) is 19.3 Å². The monoisotopic (exact) mass is 387 g/mol. The van der Waals surface area contributed by atoms with Crippen molar-refractivity contribution in [3.63, 3.8) is 0 Å². The van der Waals surface area contributed by atoms with Gasteiger partial charge in [-0.3, -0.25) is 19.7 Å². The van der Waals surface area contributed by atoms with Crippen LogP contribution in [0.15, 0.2) is 0 Å². The summed E-state index contributed by atoms with van der Waals surface area (Å²) < 4.78 is 0. The number of carbonyl (C=O) groups is 4. The van der Waals surface area contributed by atoms with Crippen molar-refractivity contribution in [2.45, 2.75) is 31.7 Å². The molecule has 5 amide bonds. The second-order valence-corrected chi connectivity index (χ2v) is 6.93. The van der Waals surface area contributed by atoms with Gasteiger partial charge >= 0.3 is 6.03 Å². The van der Waals surface area contributed by atoms with Crippen LogP contribution in [-0.2, 0) is 14.4 Å². The van der Waals surface area contributed by atoms with Gasteiger partial charge in [0.2, 0.25) is 17.7 Å². The zero-order chi connectivity index (χ0) is 18.0. The Morgan fingerprint density at radius 1 is 1.23 bits per heavy atom. The van der Waals surface area contributed by atoms with E-state index < -0.39 is 6.03 Å². The Balaban J connectivity index is 0.00000243. The summed E-state index contributed by atoms with van der Waals surface area (Å²) in [7, 11) is 0. The maximum Gasteiger partial charge on any atom is 0.325 e. The quantitative estimate of drug-likeness (QED) is 0.596. The lowest BCUT2D eigenvalue weighted by atomic mass is 9.83. The van der Waals surface area contributed by atoms with E-state index in [1.165, 1.54) is 4.90 Å². The van der Waals surface area contributed by atoms with Crippen molar-refractivity contribution >= 4 is 36.2 Å². The summed E-state index contributed by atoms with van der Waals surface area (Å²) in [6, 6.07) is -0.335. The molecule has 0 spiro atoms. The number of rotatable bonds is 5. The van der Waals surface area contributed by atoms with E-state index in [2.05, 4.69) is 5.32 Å². The molecule has 3 fully saturated rings. The summed E-state index contributed by atoms with van der Waals surface area (Å²) in [4.78, 5) is 52.4. The number of nitrogens with one attached hydrogen (secondary N) is 1. The standard InChI is InChI=1S/C16H25N5O4.ClH/c17-5-1-6-21-12-4-7-19(8-11(12)2-3-14(21)23)15(24)10-20-9-13(22)18-16(20)25;/h11-12H,1-10,17H2,(H,18,22,25);1H/t11-,12+;/m0./s1. The van der Waals surface area contributed by atoms with Crippen LogP contribution in [-0.4, -0.2) is 83.8 Å². The smallest absolute Gasteiger partial charge is 0.325 e. The van der Waals surface area contributed by atoms with Gasteiger partial charge in [0, 0.05) is 32.1 Å². The SMILES string of the molecule is Cl.NCCCN1C(=O)CC[C@H]2CN(C(=O)CN3CC(=O)NC3=O)CC[C@H]21. The number of hydrogen-bond acceptors (Lipinski definition) is 5. The lowest BCUT2D eigenvalue weighted by molar-refractivity contribution is -0.144. The zero-order valence-electron chi connectivity index (χ0n) is 14.7. The number of amides is 5. The topological polar surface area (TPSA) is 116 Å². The molecular weight excluding hydrogens is 362 g/mol. The van der Waals surface area contributed by atoms with E-state index in [1.807, 2.05) is 4.90 Å². The molecule has 3 heterocycles. The Labute approximate surface area is 158 Å². The molecule has 0 aliphatic carbocycles. The van der Waals surface area contributed by atoms with Crippen LogP contribution < -0.4 is 11.1 Å². The molecule has 3 aliphatic rings. The number of piperidine rings is 2. The highest BCUT2D eigenvalue weighted by atomic mass is 35.5. The molecule has 9 nitrogen and oxygen atoms in total. The molecule has 3 aliphatic heterocycles. The first-order valence-corrected chi connectivity index (χ1v) is 8.85. The van der Waals surface area contributed by atoms with Crippen molar-refractivity contribution in [2.24, 2.45) is 11.7 Å². The minimum Gasteiger partial charge on any atom is -0.341 e. The van der Waals surface area contributed by atoms with Gasteiger partial charge in [0.1, 0.15) is 13.1 Å². The fourth-order valence-electron chi connectivity index (χ4n) is 4.00. The fourth-order valence-corrected chi connectivity index (χ4v) is 4.00. The minimum absolute atomic E-state index is 0. The number of nitrogens with zero attached hydrogens (tertiary/aromatic N) is 3. The van der Waals surface area contributed by atoms with E-state index in [-0.39, 0.29) is 55.2 Å². The highest BCUT2D eigenvalue weighted by Gasteiger charge is 2.40. The number of fused-ring (bicyclic) bond motifs is 1. The van der Waals surface area contributed by atoms with Crippen LogP contribution >= 0.6 is 12.4 Å². The van der Waals surface area contributed by atoms with Gasteiger partial charge < -0.3 is 20.4 Å². The summed E-state index contributed by atoms with van der Waals surface area (Å²) in [6.45, 7) is 2.26. The number of likely N-dealkylation sites (tertiary alicyclic amines) is 2. The average molecular weight is 388 g/mol. The van der Waals surface area contributed by atoms with Gasteiger partial charge in [0.05, 0.1) is 0 Å². The van der Waals surface area contributed by atoms with Crippen molar-refractivity contribution in [3.05, 3.63) is 0 Å². The third kappa shape index (κ3) is 4.27. The van der Waals surface area contributed by atoms with Gasteiger partial charge in [-0.2, -0.15) is 0 Å². The summed E-state index contributed by atoms with van der Waals surface area (Å²) >= 11 is 0. The Hall–Kier alpha value is -1.87. The Morgan fingerprint density at radius 3 is 2.65 bits per heavy atom. The highest BCUT2D eigenvalue weighted by molar-refractivity contribution is 6.03. The zero-order valence-corrected chi connectivity index (χ0v) is 15.5. The largest absolute Gasteiger partial charge is 0.341 e. The summed E-state index contributed by atoms with van der Waals surface area (Å²) in [5, 5.41) is 2.17. The second-order valence-electron chi connectivity index (χ2n) is 6.93. The van der Waals surface area contributed by atoms with Crippen molar-refractivity contribution in [3.8, 4) is 0 Å². The van der Waals surface area contributed by atoms with Gasteiger partial charge in [0.15, 0.2) is 0 Å². The summed E-state index contributed by atoms with van der Waals surface area (Å²) in [5.41, 5.74) is 5.57. The number of nitrogens with two attached hydrogens (primary N) is 1. The van der Waals surface area contributed by atoms with Gasteiger partial charge in [-0.25, -0.2) is 4.79 Å². The van der Waals surface area contributed by atoms with Crippen molar-refractivity contribution in [2.75, 3.05) is 39.3 Å². The van der Waals surface area contributed by atoms with E-state index in [0.29, 0.717) is 32.6 Å². The Morgan fingerprint density at radius 2 is 2.00 bits per heavy atom. The van der Waals surface area contributed by atoms with Crippen LogP contribution in [0, 0.1) is 5.92 Å². The molecule has 3 rings (SSSR count). The molecule has 3 N–H and O–H groups in total. The first kappa shape index (κ1) is 20.4. The molecule has 0 radical (unpaired) electrons. The molecule has 3 saturated heterocycles. The van der Waals surface area contributed by atoms with E-state index in [9.17, 15) is 19.2 Å². The van der Waals surface area contributed by atoms with Crippen LogP contribution in [0.25, 0.3) is 0 Å². The predicted octanol–water partition coefficient (Wildman–Crippen LogP) is -0.852. The minimum atomic E-state index is -0.510. The van der Waals surface area contributed by atoms with Gasteiger partial charge in [-0.1, -0.05) is 0 Å². The molecule has 2 atom stereocenters. The number of carbonyl (C=O) groups excluding carboxylic acids is 4. The van der Waals surface area contributed by atoms with Gasteiger partial charge in [-0.15, -0.1) is 12.4 Å². The normalized spacial score (nSPS) is 25.7. The number of hydrogen-bond donors (Lipinski definition) is 2. The molecule has 0 unspecified atom stereocenters. The van der Waals surface area contributed by atoms with Crippen LogP contribution in [0.1, 0.15) is 25.7 Å². The molecule has 0 aromatic rings. The number of halogens is 1. The summed E-state index contributed by atoms with van der Waals surface area (Å²) in [5.74, 6) is -0.0736. The van der Waals surface area contributed by atoms with Crippen LogP contribution in [0.2, 0.25) is 0 Å². The first-order chi connectivity index (χ1) is 12.0. The maximum atomic E-state index is 12.5. The lowest BCUT2D eigenvalue weighted by Gasteiger charge is -2.47. The molecule has 0 aromatic carbocycles. The Kier molecular flexibility index (Phi) is 6.82. The van der Waals surface area contributed by atoms with Crippen molar-refractivity contribution in [1.29, 1.82) is 0 Å². The van der Waals surface area contributed by atoms with Gasteiger partial charge in [-0.05, 0) is 31.7 Å². The average Bonchev–Trinajstić information content (AvgIpc) is 2.90. The molecule has 0 saturated carbocycles. The highest BCUT2D eigenvalue weighted by Crippen LogP contribution is 2.31. The second kappa shape index (κ2) is 8.68. The number of imide groups is 1. The van der Waals surface area contributed by atoms with E-state index >= 15 is 0 Å². The fraction of sp³-hybridized carbons (Fsp3) is 0.750. The molecule has 0 aromatic heterocycles. The molecular formula is C16H26ClN5O4. The molecule has 10 heteroatoms. The molecule has 146 valence electrons. The van der Waals surface area contributed by atoms with Crippen molar-refractivity contribution < 1.29 is 19.2 Å². The first-order valence-electron chi connectivity index (χ1n) is 8.85. The Bertz CT molecular complexity index is 587. The van der Waals surface area contributed by atoms with Gasteiger partial charge in [0.25, 0.3) is 0 Å². The third-order valence-electron chi connectivity index (χ3n) is 5.29. The molecule has 0 bridgehead atoms. The third-order valence-corrected chi connectivity index (χ3v) is 5.29. The maximum absolute atomic E-state index is 12.5.